The molecule has 4 nitrogen and oxygen atoms in total. The minimum absolute atomic E-state index is 0.241. The summed E-state index contributed by atoms with van der Waals surface area (Å²) in [6.07, 6.45) is -0.442. The first kappa shape index (κ1) is 16.5. The Morgan fingerprint density at radius 2 is 1.91 bits per heavy atom. The second-order valence-corrected chi connectivity index (χ2v) is 7.17. The molecule has 1 aromatic heterocycles. The maximum Gasteiger partial charge on any atom is 0.407 e. The van der Waals surface area contributed by atoms with E-state index in [1.165, 1.54) is 10.4 Å². The molecule has 1 aromatic carbocycles. The fourth-order valence-corrected chi connectivity index (χ4v) is 2.93. The second kappa shape index (κ2) is 6.94. The Labute approximate surface area is 135 Å². The van der Waals surface area contributed by atoms with Gasteiger partial charge in [-0.3, -0.25) is 0 Å². The highest BCUT2D eigenvalue weighted by Crippen LogP contribution is 2.30. The van der Waals surface area contributed by atoms with Crippen LogP contribution in [0.5, 0.6) is 0 Å². The first-order chi connectivity index (χ1) is 10.3. The zero-order valence-electron chi connectivity index (χ0n) is 13.1. The van der Waals surface area contributed by atoms with Crippen LogP contribution in [0.15, 0.2) is 42.5 Å². The van der Waals surface area contributed by atoms with Crippen molar-refractivity contribution in [3.05, 3.63) is 47.3 Å². The van der Waals surface area contributed by atoms with Crippen molar-refractivity contribution in [1.29, 1.82) is 0 Å². The molecule has 1 heterocycles. The van der Waals surface area contributed by atoms with Gasteiger partial charge in [-0.05, 0) is 38.5 Å². The van der Waals surface area contributed by atoms with Crippen molar-refractivity contribution in [2.75, 3.05) is 6.54 Å². The topological polar surface area (TPSA) is 64.3 Å². The summed E-state index contributed by atoms with van der Waals surface area (Å²) in [5, 5.41) is 2.71. The Morgan fingerprint density at radius 3 is 2.55 bits per heavy atom. The molecule has 22 heavy (non-hydrogen) atoms. The summed E-state index contributed by atoms with van der Waals surface area (Å²) >= 11 is 1.64. The molecule has 1 unspecified atom stereocenters. The number of ether oxygens (including phenoxy) is 1. The number of alkyl carbamates (subject to hydrolysis) is 1. The normalized spacial score (nSPS) is 12.7. The van der Waals surface area contributed by atoms with Gasteiger partial charge in [-0.25, -0.2) is 4.79 Å². The smallest absolute Gasteiger partial charge is 0.407 e. The molecule has 0 fully saturated rings. The van der Waals surface area contributed by atoms with Gasteiger partial charge < -0.3 is 15.8 Å². The van der Waals surface area contributed by atoms with E-state index in [0.717, 1.165) is 4.88 Å². The number of hydrogen-bond donors (Lipinski definition) is 2. The Balaban J connectivity index is 1.92. The predicted molar refractivity (Wildman–Crippen MR) is 90.9 cm³/mol. The molecule has 0 radical (unpaired) electrons. The van der Waals surface area contributed by atoms with Crippen LogP contribution in [-0.2, 0) is 4.74 Å². The Bertz CT molecular complexity index is 617. The van der Waals surface area contributed by atoms with E-state index in [1.54, 1.807) is 11.3 Å². The van der Waals surface area contributed by atoms with E-state index >= 15 is 0 Å². The van der Waals surface area contributed by atoms with Gasteiger partial charge in [-0.2, -0.15) is 0 Å². The average molecular weight is 318 g/mol. The van der Waals surface area contributed by atoms with Crippen molar-refractivity contribution in [2.45, 2.75) is 32.4 Å². The number of carbonyl (C=O) groups excluding carboxylic acids is 1. The zero-order chi connectivity index (χ0) is 16.2. The lowest BCUT2D eigenvalue weighted by Gasteiger charge is -2.20. The largest absolute Gasteiger partial charge is 0.444 e. The van der Waals surface area contributed by atoms with Gasteiger partial charge in [0.2, 0.25) is 0 Å². The van der Waals surface area contributed by atoms with Crippen molar-refractivity contribution in [1.82, 2.24) is 5.32 Å². The number of hydrogen-bond acceptors (Lipinski definition) is 4. The van der Waals surface area contributed by atoms with E-state index < -0.39 is 11.7 Å². The molecular weight excluding hydrogens is 296 g/mol. The van der Waals surface area contributed by atoms with Crippen molar-refractivity contribution in [3.63, 3.8) is 0 Å². The van der Waals surface area contributed by atoms with E-state index in [1.807, 2.05) is 45.0 Å². The highest BCUT2D eigenvalue weighted by Gasteiger charge is 2.17. The molecule has 2 rings (SSSR count). The minimum atomic E-state index is -0.502. The van der Waals surface area contributed by atoms with E-state index in [2.05, 4.69) is 23.5 Å². The number of thiophene rings is 1. The maximum absolute atomic E-state index is 11.6. The van der Waals surface area contributed by atoms with Gasteiger partial charge in [0.1, 0.15) is 5.60 Å². The molecule has 1 amide bonds. The van der Waals surface area contributed by atoms with Gasteiger partial charge in [-0.1, -0.05) is 30.3 Å². The third-order valence-corrected chi connectivity index (χ3v) is 4.18. The van der Waals surface area contributed by atoms with Gasteiger partial charge in [-0.15, -0.1) is 11.3 Å². The van der Waals surface area contributed by atoms with Crippen LogP contribution in [0.25, 0.3) is 10.4 Å². The summed E-state index contributed by atoms with van der Waals surface area (Å²) in [6, 6.07) is 14.0. The number of amides is 1. The Hall–Kier alpha value is -1.85. The van der Waals surface area contributed by atoms with Crippen LogP contribution in [0.3, 0.4) is 0 Å². The Morgan fingerprint density at radius 1 is 1.23 bits per heavy atom. The van der Waals surface area contributed by atoms with E-state index in [9.17, 15) is 4.79 Å². The molecule has 0 saturated heterocycles. The van der Waals surface area contributed by atoms with Crippen LogP contribution >= 0.6 is 11.3 Å². The first-order valence-electron chi connectivity index (χ1n) is 7.23. The standard InChI is InChI=1S/C17H22N2O2S/c1-17(2,3)21-16(20)19-11-13(18)15-10-9-14(22-15)12-7-5-4-6-8-12/h4-10,13H,11,18H2,1-3H3,(H,19,20). The molecule has 0 bridgehead atoms. The maximum atomic E-state index is 11.6. The number of benzene rings is 1. The molecule has 0 aliphatic rings. The van der Waals surface area contributed by atoms with Gasteiger partial charge in [0.15, 0.2) is 0 Å². The van der Waals surface area contributed by atoms with Crippen molar-refractivity contribution in [3.8, 4) is 10.4 Å². The van der Waals surface area contributed by atoms with Crippen LogP contribution in [0.2, 0.25) is 0 Å². The molecule has 0 spiro atoms. The minimum Gasteiger partial charge on any atom is -0.444 e. The van der Waals surface area contributed by atoms with Crippen LogP contribution < -0.4 is 11.1 Å². The predicted octanol–water partition coefficient (Wildman–Crippen LogP) is 3.94. The van der Waals surface area contributed by atoms with E-state index in [-0.39, 0.29) is 6.04 Å². The second-order valence-electron chi connectivity index (χ2n) is 6.06. The molecule has 0 aliphatic heterocycles. The third kappa shape index (κ3) is 4.86. The summed E-state index contributed by atoms with van der Waals surface area (Å²) < 4.78 is 5.20. The number of nitrogens with one attached hydrogen (secondary N) is 1. The Kier molecular flexibility index (Phi) is 5.21. The van der Waals surface area contributed by atoms with Crippen LogP contribution in [0, 0.1) is 0 Å². The van der Waals surface area contributed by atoms with Gasteiger partial charge in [0.05, 0.1) is 6.04 Å². The van der Waals surface area contributed by atoms with E-state index in [4.69, 9.17) is 10.5 Å². The lowest BCUT2D eigenvalue weighted by atomic mass is 10.2. The summed E-state index contributed by atoms with van der Waals surface area (Å²) in [5.74, 6) is 0. The van der Waals surface area contributed by atoms with Crippen molar-refractivity contribution >= 4 is 17.4 Å². The van der Waals surface area contributed by atoms with Gasteiger partial charge >= 0.3 is 6.09 Å². The molecule has 0 aliphatic carbocycles. The van der Waals surface area contributed by atoms with Crippen molar-refractivity contribution in [2.24, 2.45) is 5.73 Å². The summed E-state index contributed by atoms with van der Waals surface area (Å²) in [5.41, 5.74) is 6.81. The number of rotatable bonds is 4. The van der Waals surface area contributed by atoms with Crippen LogP contribution in [0.1, 0.15) is 31.7 Å². The fourth-order valence-electron chi connectivity index (χ4n) is 1.92. The lowest BCUT2D eigenvalue weighted by molar-refractivity contribution is 0.0524. The van der Waals surface area contributed by atoms with Gasteiger partial charge in [0, 0.05) is 16.3 Å². The van der Waals surface area contributed by atoms with Crippen LogP contribution in [-0.4, -0.2) is 18.2 Å². The number of carbonyl (C=O) groups is 1. The highest BCUT2D eigenvalue weighted by molar-refractivity contribution is 7.15. The van der Waals surface area contributed by atoms with Crippen LogP contribution in [0.4, 0.5) is 4.79 Å². The summed E-state index contributed by atoms with van der Waals surface area (Å²) in [7, 11) is 0. The number of nitrogens with two attached hydrogens (primary N) is 1. The SMILES string of the molecule is CC(C)(C)OC(=O)NCC(N)c1ccc(-c2ccccc2)s1. The van der Waals surface area contributed by atoms with Crippen molar-refractivity contribution < 1.29 is 9.53 Å². The molecule has 0 saturated carbocycles. The fraction of sp³-hybridized carbons (Fsp3) is 0.353. The van der Waals surface area contributed by atoms with Gasteiger partial charge in [0.25, 0.3) is 0 Å². The highest BCUT2D eigenvalue weighted by atomic mass is 32.1. The van der Waals surface area contributed by atoms with E-state index in [0.29, 0.717) is 6.54 Å². The molecule has 1 atom stereocenters. The molecule has 118 valence electrons. The summed E-state index contributed by atoms with van der Waals surface area (Å²) in [6.45, 7) is 5.84. The molecule has 5 heteroatoms. The third-order valence-electron chi connectivity index (χ3n) is 2.92. The quantitative estimate of drug-likeness (QED) is 0.897. The lowest BCUT2D eigenvalue weighted by Crippen LogP contribution is -2.36. The summed E-state index contributed by atoms with van der Waals surface area (Å²) in [4.78, 5) is 13.8. The average Bonchev–Trinajstić information content (AvgIpc) is 2.94. The molecule has 3 N–H and O–H groups in total. The zero-order valence-corrected chi connectivity index (χ0v) is 13.9. The first-order valence-corrected chi connectivity index (χ1v) is 8.04. The monoisotopic (exact) mass is 318 g/mol. The molecular formula is C17H22N2O2S. The molecule has 2 aromatic rings.